The topological polar surface area (TPSA) is 64.2 Å². The van der Waals surface area contributed by atoms with Crippen molar-refractivity contribution in [2.24, 2.45) is 0 Å². The molecule has 0 aliphatic carbocycles. The summed E-state index contributed by atoms with van der Waals surface area (Å²) in [5, 5.41) is 9.32. The van der Waals surface area contributed by atoms with Crippen LogP contribution in [0.15, 0.2) is 40.6 Å². The van der Waals surface area contributed by atoms with Crippen LogP contribution < -0.4 is 0 Å². The number of rotatable bonds is 7. The fourth-order valence-electron chi connectivity index (χ4n) is 2.81. The van der Waals surface area contributed by atoms with Crippen LogP contribution in [0.25, 0.3) is 0 Å². The number of hydrogen-bond acceptors (Lipinski definition) is 5. The molecule has 3 rings (SSSR count). The maximum atomic E-state index is 12.5. The molecule has 3 heterocycles. The van der Waals surface area contributed by atoms with Gasteiger partial charge in [0.15, 0.2) is 5.16 Å². The summed E-state index contributed by atoms with van der Waals surface area (Å²) in [6, 6.07) is 3.81. The molecule has 24 heavy (non-hydrogen) atoms. The Morgan fingerprint density at radius 2 is 2.33 bits per heavy atom. The second-order valence-electron chi connectivity index (χ2n) is 6.13. The lowest BCUT2D eigenvalue weighted by Gasteiger charge is -2.14. The first-order valence-electron chi connectivity index (χ1n) is 8.12. The minimum absolute atomic E-state index is 0.107. The third-order valence-corrected chi connectivity index (χ3v) is 5.24. The van der Waals surface area contributed by atoms with E-state index in [1.807, 2.05) is 17.0 Å². The Bertz CT molecular complexity index is 708. The summed E-state index contributed by atoms with van der Waals surface area (Å²) in [4.78, 5) is 14.3. The number of carbonyl (C=O) groups excluding carboxylic acids is 1. The van der Waals surface area contributed by atoms with Crippen LogP contribution in [0.2, 0.25) is 0 Å². The van der Waals surface area contributed by atoms with Crippen molar-refractivity contribution in [3.63, 3.8) is 0 Å². The van der Waals surface area contributed by atoms with Crippen LogP contribution in [-0.2, 0) is 11.3 Å². The van der Waals surface area contributed by atoms with Gasteiger partial charge < -0.3 is 9.32 Å². The van der Waals surface area contributed by atoms with Crippen LogP contribution in [0.4, 0.5) is 0 Å². The van der Waals surface area contributed by atoms with Gasteiger partial charge in [-0.2, -0.15) is 0 Å². The van der Waals surface area contributed by atoms with Crippen molar-refractivity contribution in [1.29, 1.82) is 0 Å². The second kappa shape index (κ2) is 7.25. The van der Waals surface area contributed by atoms with Crippen LogP contribution in [0.3, 0.4) is 0 Å². The van der Waals surface area contributed by atoms with Crippen LogP contribution in [-0.4, -0.2) is 43.9 Å². The molecule has 1 aliphatic heterocycles. The van der Waals surface area contributed by atoms with Gasteiger partial charge in [0.25, 0.3) is 0 Å². The zero-order chi connectivity index (χ0) is 17.1. The fraction of sp³-hybridized carbons (Fsp3) is 0.471. The van der Waals surface area contributed by atoms with Crippen molar-refractivity contribution in [2.75, 3.05) is 13.1 Å². The fourth-order valence-corrected chi connectivity index (χ4v) is 3.91. The molecule has 1 unspecified atom stereocenters. The van der Waals surface area contributed by atoms with E-state index in [0.29, 0.717) is 13.1 Å². The van der Waals surface area contributed by atoms with E-state index in [2.05, 4.69) is 35.2 Å². The minimum Gasteiger partial charge on any atom is -0.467 e. The van der Waals surface area contributed by atoms with Crippen molar-refractivity contribution in [3.8, 4) is 0 Å². The van der Waals surface area contributed by atoms with Crippen LogP contribution in [0, 0.1) is 0 Å². The molecule has 0 radical (unpaired) electrons. The predicted octanol–water partition coefficient (Wildman–Crippen LogP) is 2.92. The van der Waals surface area contributed by atoms with Crippen LogP contribution in [0.1, 0.15) is 37.8 Å². The Balaban J connectivity index is 1.80. The first-order chi connectivity index (χ1) is 11.6. The molecule has 128 valence electrons. The number of thioether (sulfide) groups is 1. The van der Waals surface area contributed by atoms with Gasteiger partial charge in [-0.15, -0.1) is 16.8 Å². The number of likely N-dealkylation sites (tertiary alicyclic amines) is 1. The Morgan fingerprint density at radius 1 is 1.50 bits per heavy atom. The highest BCUT2D eigenvalue weighted by atomic mass is 32.2. The molecule has 6 nitrogen and oxygen atoms in total. The normalized spacial score (nSPS) is 17.9. The van der Waals surface area contributed by atoms with Gasteiger partial charge in [-0.1, -0.05) is 31.7 Å². The summed E-state index contributed by atoms with van der Waals surface area (Å²) in [7, 11) is 0. The highest BCUT2D eigenvalue weighted by Gasteiger charge is 2.33. The van der Waals surface area contributed by atoms with Gasteiger partial charge in [-0.05, 0) is 18.6 Å². The van der Waals surface area contributed by atoms with Gasteiger partial charge in [0.1, 0.15) is 11.6 Å². The van der Waals surface area contributed by atoms with Crippen molar-refractivity contribution in [1.82, 2.24) is 19.7 Å². The van der Waals surface area contributed by atoms with Gasteiger partial charge in [0.2, 0.25) is 5.91 Å². The molecule has 0 bridgehead atoms. The number of furan rings is 1. The third kappa shape index (κ3) is 3.40. The molecular weight excluding hydrogens is 324 g/mol. The van der Waals surface area contributed by atoms with E-state index < -0.39 is 0 Å². The number of amides is 1. The number of aromatic nitrogens is 3. The van der Waals surface area contributed by atoms with Gasteiger partial charge in [-0.25, -0.2) is 0 Å². The van der Waals surface area contributed by atoms with Gasteiger partial charge in [-0.3, -0.25) is 9.36 Å². The van der Waals surface area contributed by atoms with E-state index >= 15 is 0 Å². The van der Waals surface area contributed by atoms with E-state index in [9.17, 15) is 4.79 Å². The molecule has 0 N–H and O–H groups in total. The lowest BCUT2D eigenvalue weighted by molar-refractivity contribution is -0.126. The van der Waals surface area contributed by atoms with Crippen LogP contribution >= 0.6 is 11.8 Å². The first-order valence-corrected chi connectivity index (χ1v) is 9.00. The van der Waals surface area contributed by atoms with Gasteiger partial charge in [0, 0.05) is 19.0 Å². The summed E-state index contributed by atoms with van der Waals surface area (Å²) >= 11 is 1.50. The summed E-state index contributed by atoms with van der Waals surface area (Å²) in [6.45, 7) is 9.83. The standard InChI is InChI=1S/C17H22N4O2S/c1-4-8-20-9-7-14(16(20)22)24-17-19-18-15(12(2)3)21(17)11-13-6-5-10-23-13/h4-6,10,12,14H,1,7-9,11H2,2-3H3. The molecule has 1 fully saturated rings. The van der Waals surface area contributed by atoms with Gasteiger partial charge >= 0.3 is 0 Å². The molecule has 7 heteroatoms. The van der Waals surface area contributed by atoms with Crippen molar-refractivity contribution < 1.29 is 9.21 Å². The molecular formula is C17H22N4O2S. The molecule has 1 aliphatic rings. The van der Waals surface area contributed by atoms with E-state index in [4.69, 9.17) is 4.42 Å². The highest BCUT2D eigenvalue weighted by molar-refractivity contribution is 8.00. The Morgan fingerprint density at radius 3 is 3.00 bits per heavy atom. The highest BCUT2D eigenvalue weighted by Crippen LogP contribution is 2.31. The summed E-state index contributed by atoms with van der Waals surface area (Å²) in [6.07, 6.45) is 4.25. The van der Waals surface area contributed by atoms with Crippen molar-refractivity contribution in [2.45, 2.75) is 43.1 Å². The van der Waals surface area contributed by atoms with Crippen LogP contribution in [0.5, 0.6) is 0 Å². The minimum atomic E-state index is -0.107. The summed E-state index contributed by atoms with van der Waals surface area (Å²) < 4.78 is 7.52. The summed E-state index contributed by atoms with van der Waals surface area (Å²) in [5.74, 6) is 2.16. The van der Waals surface area contributed by atoms with E-state index in [1.165, 1.54) is 11.8 Å². The maximum absolute atomic E-state index is 12.5. The quantitative estimate of drug-likeness (QED) is 0.721. The van der Waals surface area contributed by atoms with E-state index in [1.54, 1.807) is 12.3 Å². The molecule has 0 saturated carbocycles. The Hall–Kier alpha value is -2.02. The first kappa shape index (κ1) is 16.8. The maximum Gasteiger partial charge on any atom is 0.236 e. The zero-order valence-corrected chi connectivity index (χ0v) is 14.8. The third-order valence-electron chi connectivity index (χ3n) is 4.00. The molecule has 1 saturated heterocycles. The average molecular weight is 346 g/mol. The Labute approximate surface area is 145 Å². The monoisotopic (exact) mass is 346 g/mol. The number of nitrogens with zero attached hydrogens (tertiary/aromatic N) is 4. The Kier molecular flexibility index (Phi) is 5.08. The van der Waals surface area contributed by atoms with Crippen molar-refractivity contribution >= 4 is 17.7 Å². The number of carbonyl (C=O) groups is 1. The average Bonchev–Trinajstić information content (AvgIpc) is 3.26. The smallest absolute Gasteiger partial charge is 0.236 e. The van der Waals surface area contributed by atoms with Gasteiger partial charge in [0.05, 0.1) is 18.1 Å². The SMILES string of the molecule is C=CCN1CCC(Sc2nnc(C(C)C)n2Cc2ccco2)C1=O. The van der Waals surface area contributed by atoms with Crippen molar-refractivity contribution in [3.05, 3.63) is 42.6 Å². The number of hydrogen-bond donors (Lipinski definition) is 0. The largest absolute Gasteiger partial charge is 0.467 e. The lowest BCUT2D eigenvalue weighted by Crippen LogP contribution is -2.28. The van der Waals surface area contributed by atoms with E-state index in [0.717, 1.165) is 29.7 Å². The molecule has 2 aromatic heterocycles. The van der Waals surface area contributed by atoms with E-state index in [-0.39, 0.29) is 17.1 Å². The predicted molar refractivity (Wildman–Crippen MR) is 93.0 cm³/mol. The molecule has 2 aromatic rings. The zero-order valence-electron chi connectivity index (χ0n) is 14.0. The molecule has 0 aromatic carbocycles. The molecule has 1 amide bonds. The molecule has 1 atom stereocenters. The lowest BCUT2D eigenvalue weighted by atomic mass is 10.2. The molecule has 0 spiro atoms. The second-order valence-corrected chi connectivity index (χ2v) is 7.30. The summed E-state index contributed by atoms with van der Waals surface area (Å²) in [5.41, 5.74) is 0.